The zero-order valence-electron chi connectivity index (χ0n) is 11.0. The van der Waals surface area contributed by atoms with E-state index in [4.69, 9.17) is 4.74 Å². The van der Waals surface area contributed by atoms with Crippen molar-refractivity contribution < 1.29 is 13.2 Å². The summed E-state index contributed by atoms with van der Waals surface area (Å²) in [7, 11) is -3.07. The normalized spacial score (nSPS) is 21.6. The molecule has 1 heterocycles. The highest BCUT2D eigenvalue weighted by Crippen LogP contribution is 2.15. The summed E-state index contributed by atoms with van der Waals surface area (Å²) < 4.78 is 31.1. The second-order valence-electron chi connectivity index (χ2n) is 5.10. The van der Waals surface area contributed by atoms with Gasteiger partial charge in [0.25, 0.3) is 0 Å². The minimum atomic E-state index is -3.07. The second-order valence-corrected chi connectivity index (χ2v) is 7.02. The molecule has 5 nitrogen and oxygen atoms in total. The van der Waals surface area contributed by atoms with Crippen molar-refractivity contribution in [3.8, 4) is 0 Å². The summed E-state index contributed by atoms with van der Waals surface area (Å²) in [6.07, 6.45) is 0.653. The number of rotatable bonds is 6. The van der Waals surface area contributed by atoms with Crippen molar-refractivity contribution >= 4 is 10.0 Å². The van der Waals surface area contributed by atoms with Gasteiger partial charge in [-0.3, -0.25) is 4.90 Å². The molecule has 1 aliphatic heterocycles. The fourth-order valence-electron chi connectivity index (χ4n) is 2.01. The molecule has 1 saturated heterocycles. The Morgan fingerprint density at radius 1 is 1.41 bits per heavy atom. The Balaban J connectivity index is 2.27. The van der Waals surface area contributed by atoms with E-state index >= 15 is 0 Å². The standard InChI is InChI=1S/C11H24N2O3S/c1-4-9-17(14,15)12-5-6-13-7-8-16-11(2,3)10-13/h12H,4-10H2,1-3H3. The molecule has 0 radical (unpaired) electrons. The van der Waals surface area contributed by atoms with Gasteiger partial charge >= 0.3 is 0 Å². The monoisotopic (exact) mass is 264 g/mol. The first-order valence-corrected chi connectivity index (χ1v) is 7.83. The molecule has 0 aromatic rings. The highest BCUT2D eigenvalue weighted by Gasteiger charge is 2.26. The highest BCUT2D eigenvalue weighted by molar-refractivity contribution is 7.89. The Hall–Kier alpha value is -0.170. The third-order valence-electron chi connectivity index (χ3n) is 2.73. The Morgan fingerprint density at radius 2 is 2.12 bits per heavy atom. The molecule has 6 heteroatoms. The Labute approximate surface area is 105 Å². The topological polar surface area (TPSA) is 58.6 Å². The second kappa shape index (κ2) is 6.13. The van der Waals surface area contributed by atoms with Crippen LogP contribution >= 0.6 is 0 Å². The summed E-state index contributed by atoms with van der Waals surface area (Å²) in [6, 6.07) is 0. The highest BCUT2D eigenvalue weighted by atomic mass is 32.2. The maximum Gasteiger partial charge on any atom is 0.211 e. The van der Waals surface area contributed by atoms with Crippen LogP contribution in [0.4, 0.5) is 0 Å². The molecule has 0 aliphatic carbocycles. The molecule has 17 heavy (non-hydrogen) atoms. The van der Waals surface area contributed by atoms with Crippen molar-refractivity contribution in [2.24, 2.45) is 0 Å². The number of ether oxygens (including phenoxy) is 1. The van der Waals surface area contributed by atoms with Crippen LogP contribution in [0, 0.1) is 0 Å². The summed E-state index contributed by atoms with van der Waals surface area (Å²) in [6.45, 7) is 9.65. The average molecular weight is 264 g/mol. The maximum atomic E-state index is 11.4. The van der Waals surface area contributed by atoms with Gasteiger partial charge in [0.15, 0.2) is 0 Å². The number of morpholine rings is 1. The van der Waals surface area contributed by atoms with Crippen LogP contribution in [-0.2, 0) is 14.8 Å². The molecule has 0 bridgehead atoms. The lowest BCUT2D eigenvalue weighted by atomic mass is 10.1. The van der Waals surface area contributed by atoms with E-state index in [0.29, 0.717) is 19.6 Å². The number of hydrogen-bond donors (Lipinski definition) is 1. The SMILES string of the molecule is CCCS(=O)(=O)NCCN1CCOC(C)(C)C1. The molecular formula is C11H24N2O3S. The van der Waals surface area contributed by atoms with Gasteiger partial charge in [0.2, 0.25) is 10.0 Å². The van der Waals surface area contributed by atoms with Gasteiger partial charge in [-0.2, -0.15) is 0 Å². The third-order valence-corrected chi connectivity index (χ3v) is 4.32. The lowest BCUT2D eigenvalue weighted by Gasteiger charge is -2.38. The number of nitrogens with zero attached hydrogens (tertiary/aromatic N) is 1. The van der Waals surface area contributed by atoms with Crippen molar-refractivity contribution in [2.75, 3.05) is 38.5 Å². The molecule has 102 valence electrons. The van der Waals surface area contributed by atoms with E-state index in [1.807, 2.05) is 6.92 Å². The van der Waals surface area contributed by atoms with Crippen LogP contribution in [0.15, 0.2) is 0 Å². The number of hydrogen-bond acceptors (Lipinski definition) is 4. The minimum absolute atomic E-state index is 0.124. The van der Waals surface area contributed by atoms with Crippen LogP contribution in [0.2, 0.25) is 0 Å². The molecule has 0 spiro atoms. The fraction of sp³-hybridized carbons (Fsp3) is 1.00. The van der Waals surface area contributed by atoms with Crippen LogP contribution in [0.1, 0.15) is 27.2 Å². The largest absolute Gasteiger partial charge is 0.373 e. The average Bonchev–Trinajstić information content (AvgIpc) is 2.15. The number of sulfonamides is 1. The predicted octanol–water partition coefficient (Wildman–Crippen LogP) is 0.427. The van der Waals surface area contributed by atoms with Crippen LogP contribution in [-0.4, -0.2) is 57.5 Å². The summed E-state index contributed by atoms with van der Waals surface area (Å²) >= 11 is 0. The van der Waals surface area contributed by atoms with Crippen molar-refractivity contribution in [3.05, 3.63) is 0 Å². The molecule has 0 unspecified atom stereocenters. The Bertz CT molecular complexity index is 328. The lowest BCUT2D eigenvalue weighted by Crippen LogP contribution is -2.50. The van der Waals surface area contributed by atoms with E-state index < -0.39 is 10.0 Å². The predicted molar refractivity (Wildman–Crippen MR) is 68.6 cm³/mol. The zero-order chi connectivity index (χ0) is 12.9. The molecule has 0 amide bonds. The summed E-state index contributed by atoms with van der Waals surface area (Å²) in [4.78, 5) is 2.23. The van der Waals surface area contributed by atoms with Crippen LogP contribution in [0.3, 0.4) is 0 Å². The van der Waals surface area contributed by atoms with E-state index in [1.165, 1.54) is 0 Å². The van der Waals surface area contributed by atoms with Crippen molar-refractivity contribution in [1.82, 2.24) is 9.62 Å². The molecule has 0 saturated carbocycles. The summed E-state index contributed by atoms with van der Waals surface area (Å²) in [5.41, 5.74) is -0.124. The van der Waals surface area contributed by atoms with E-state index in [1.54, 1.807) is 0 Å². The molecule has 1 rings (SSSR count). The number of nitrogens with one attached hydrogen (secondary N) is 1. The van der Waals surface area contributed by atoms with Gasteiger partial charge in [-0.1, -0.05) is 6.92 Å². The van der Waals surface area contributed by atoms with E-state index in [2.05, 4.69) is 23.5 Å². The van der Waals surface area contributed by atoms with Gasteiger partial charge in [0.1, 0.15) is 0 Å². The molecule has 0 atom stereocenters. The van der Waals surface area contributed by atoms with Gasteiger partial charge in [-0.15, -0.1) is 0 Å². The first-order chi connectivity index (χ1) is 7.85. The lowest BCUT2D eigenvalue weighted by molar-refractivity contribution is -0.0851. The molecule has 1 fully saturated rings. The van der Waals surface area contributed by atoms with Gasteiger partial charge in [0, 0.05) is 26.2 Å². The summed E-state index contributed by atoms with van der Waals surface area (Å²) in [5, 5.41) is 0. The molecular weight excluding hydrogens is 240 g/mol. The summed E-state index contributed by atoms with van der Waals surface area (Å²) in [5.74, 6) is 0.210. The van der Waals surface area contributed by atoms with Crippen LogP contribution < -0.4 is 4.72 Å². The van der Waals surface area contributed by atoms with E-state index in [9.17, 15) is 8.42 Å². The minimum Gasteiger partial charge on any atom is -0.373 e. The van der Waals surface area contributed by atoms with Crippen LogP contribution in [0.25, 0.3) is 0 Å². The quantitative estimate of drug-likeness (QED) is 0.756. The maximum absolute atomic E-state index is 11.4. The Morgan fingerprint density at radius 3 is 2.71 bits per heavy atom. The van der Waals surface area contributed by atoms with Gasteiger partial charge in [-0.05, 0) is 20.3 Å². The van der Waals surface area contributed by atoms with E-state index in [0.717, 1.165) is 19.6 Å². The molecule has 0 aromatic carbocycles. The smallest absolute Gasteiger partial charge is 0.211 e. The molecule has 1 aliphatic rings. The van der Waals surface area contributed by atoms with Gasteiger partial charge in [0.05, 0.1) is 18.0 Å². The van der Waals surface area contributed by atoms with Gasteiger partial charge in [-0.25, -0.2) is 13.1 Å². The van der Waals surface area contributed by atoms with E-state index in [-0.39, 0.29) is 11.4 Å². The van der Waals surface area contributed by atoms with Gasteiger partial charge < -0.3 is 4.74 Å². The van der Waals surface area contributed by atoms with Crippen LogP contribution in [0.5, 0.6) is 0 Å². The Kier molecular flexibility index (Phi) is 5.37. The third kappa shape index (κ3) is 5.81. The van der Waals surface area contributed by atoms with Crippen molar-refractivity contribution in [2.45, 2.75) is 32.8 Å². The first-order valence-electron chi connectivity index (χ1n) is 6.18. The molecule has 1 N–H and O–H groups in total. The van der Waals surface area contributed by atoms with Crippen molar-refractivity contribution in [1.29, 1.82) is 0 Å². The fourth-order valence-corrected chi connectivity index (χ4v) is 3.09. The van der Waals surface area contributed by atoms with Crippen molar-refractivity contribution in [3.63, 3.8) is 0 Å². The zero-order valence-corrected chi connectivity index (χ0v) is 11.8. The molecule has 0 aromatic heterocycles. The first kappa shape index (κ1) is 14.9.